The molecule has 0 N–H and O–H groups in total. The standard InChI is InChI=1S/C15H21NO2/c1-5-16(10-9-13(3)15(17)18-4)14-8-6-7-12(2)11-14/h6-9,11H,5,10H2,1-4H3. The van der Waals surface area contributed by atoms with Crippen LogP contribution in [0.3, 0.4) is 0 Å². The number of rotatable bonds is 5. The molecular formula is C15H21NO2. The van der Waals surface area contributed by atoms with Gasteiger partial charge in [0, 0.05) is 24.4 Å². The Morgan fingerprint density at radius 1 is 1.44 bits per heavy atom. The SMILES string of the molecule is CCN(CC=C(C)C(=O)OC)c1cccc(C)c1. The monoisotopic (exact) mass is 247 g/mol. The van der Waals surface area contributed by atoms with Crippen LogP contribution in [-0.2, 0) is 9.53 Å². The molecule has 1 aromatic carbocycles. The predicted molar refractivity (Wildman–Crippen MR) is 74.8 cm³/mol. The van der Waals surface area contributed by atoms with Crippen molar-refractivity contribution in [3.8, 4) is 0 Å². The topological polar surface area (TPSA) is 29.5 Å². The minimum Gasteiger partial charge on any atom is -0.466 e. The maximum Gasteiger partial charge on any atom is 0.333 e. The van der Waals surface area contributed by atoms with Gasteiger partial charge >= 0.3 is 5.97 Å². The molecule has 0 spiro atoms. The van der Waals surface area contributed by atoms with Gasteiger partial charge < -0.3 is 9.64 Å². The van der Waals surface area contributed by atoms with Crippen LogP contribution in [0.1, 0.15) is 19.4 Å². The lowest BCUT2D eigenvalue weighted by atomic mass is 10.2. The van der Waals surface area contributed by atoms with E-state index < -0.39 is 0 Å². The third-order valence-corrected chi connectivity index (χ3v) is 2.87. The van der Waals surface area contributed by atoms with Crippen molar-refractivity contribution in [2.45, 2.75) is 20.8 Å². The Hall–Kier alpha value is -1.77. The zero-order valence-electron chi connectivity index (χ0n) is 11.6. The van der Waals surface area contributed by atoms with E-state index in [4.69, 9.17) is 0 Å². The molecule has 0 unspecified atom stereocenters. The Morgan fingerprint density at radius 2 is 2.17 bits per heavy atom. The molecule has 0 aliphatic rings. The van der Waals surface area contributed by atoms with Crippen LogP contribution in [0.25, 0.3) is 0 Å². The maximum absolute atomic E-state index is 11.3. The van der Waals surface area contributed by atoms with Gasteiger partial charge in [0.05, 0.1) is 7.11 Å². The van der Waals surface area contributed by atoms with Crippen LogP contribution in [0, 0.1) is 6.92 Å². The molecular weight excluding hydrogens is 226 g/mol. The van der Waals surface area contributed by atoms with Gasteiger partial charge in [0.25, 0.3) is 0 Å². The van der Waals surface area contributed by atoms with Gasteiger partial charge in [-0.15, -0.1) is 0 Å². The van der Waals surface area contributed by atoms with Crippen molar-refractivity contribution in [2.24, 2.45) is 0 Å². The number of hydrogen-bond acceptors (Lipinski definition) is 3. The van der Waals surface area contributed by atoms with Crippen LogP contribution >= 0.6 is 0 Å². The summed E-state index contributed by atoms with van der Waals surface area (Å²) in [5, 5.41) is 0. The molecule has 0 amide bonds. The van der Waals surface area contributed by atoms with Crippen LogP contribution in [0.4, 0.5) is 5.69 Å². The van der Waals surface area contributed by atoms with E-state index in [-0.39, 0.29) is 5.97 Å². The lowest BCUT2D eigenvalue weighted by molar-refractivity contribution is -0.136. The first-order valence-electron chi connectivity index (χ1n) is 6.15. The number of anilines is 1. The van der Waals surface area contributed by atoms with Crippen molar-refractivity contribution in [3.05, 3.63) is 41.5 Å². The number of methoxy groups -OCH3 is 1. The number of nitrogens with zero attached hydrogens (tertiary/aromatic N) is 1. The third-order valence-electron chi connectivity index (χ3n) is 2.87. The smallest absolute Gasteiger partial charge is 0.333 e. The molecule has 0 aliphatic heterocycles. The maximum atomic E-state index is 11.3. The number of likely N-dealkylation sites (N-methyl/N-ethyl adjacent to an activating group) is 1. The van der Waals surface area contributed by atoms with E-state index in [1.165, 1.54) is 18.4 Å². The first kappa shape index (κ1) is 14.3. The summed E-state index contributed by atoms with van der Waals surface area (Å²) in [6.07, 6.45) is 1.90. The average molecular weight is 247 g/mol. The fourth-order valence-electron chi connectivity index (χ4n) is 1.73. The fraction of sp³-hybridized carbons (Fsp3) is 0.400. The largest absolute Gasteiger partial charge is 0.466 e. The normalized spacial score (nSPS) is 11.2. The van der Waals surface area contributed by atoms with Gasteiger partial charge in [0.1, 0.15) is 0 Å². The van der Waals surface area contributed by atoms with E-state index >= 15 is 0 Å². The summed E-state index contributed by atoms with van der Waals surface area (Å²) in [6.45, 7) is 7.56. The van der Waals surface area contributed by atoms with Crippen LogP contribution in [0.2, 0.25) is 0 Å². The molecule has 0 atom stereocenters. The second-order valence-electron chi connectivity index (χ2n) is 4.26. The van der Waals surface area contributed by atoms with Crippen LogP contribution in [0.5, 0.6) is 0 Å². The van der Waals surface area contributed by atoms with E-state index in [0.29, 0.717) is 12.1 Å². The van der Waals surface area contributed by atoms with Gasteiger partial charge in [-0.25, -0.2) is 4.79 Å². The summed E-state index contributed by atoms with van der Waals surface area (Å²) < 4.78 is 4.68. The highest BCUT2D eigenvalue weighted by Crippen LogP contribution is 2.15. The van der Waals surface area contributed by atoms with Crippen LogP contribution < -0.4 is 4.90 Å². The molecule has 0 bridgehead atoms. The second-order valence-corrected chi connectivity index (χ2v) is 4.26. The first-order chi connectivity index (χ1) is 8.58. The average Bonchev–Trinajstić information content (AvgIpc) is 2.38. The summed E-state index contributed by atoms with van der Waals surface area (Å²) in [4.78, 5) is 13.5. The minimum absolute atomic E-state index is 0.268. The van der Waals surface area contributed by atoms with Gasteiger partial charge in [-0.1, -0.05) is 18.2 Å². The van der Waals surface area contributed by atoms with Crippen LogP contribution in [0.15, 0.2) is 35.9 Å². The molecule has 0 aliphatic carbocycles. The van der Waals surface area contributed by atoms with E-state index in [0.717, 1.165) is 6.54 Å². The highest BCUT2D eigenvalue weighted by Gasteiger charge is 2.06. The Kier molecular flexibility index (Phi) is 5.43. The number of hydrogen-bond donors (Lipinski definition) is 0. The van der Waals surface area contributed by atoms with Gasteiger partial charge in [-0.3, -0.25) is 0 Å². The predicted octanol–water partition coefficient (Wildman–Crippen LogP) is 2.94. The molecule has 0 saturated heterocycles. The Labute approximate surface area is 109 Å². The van der Waals surface area contributed by atoms with Crippen molar-refractivity contribution in [1.29, 1.82) is 0 Å². The molecule has 18 heavy (non-hydrogen) atoms. The van der Waals surface area contributed by atoms with Crippen molar-refractivity contribution in [2.75, 3.05) is 25.1 Å². The van der Waals surface area contributed by atoms with Crippen molar-refractivity contribution < 1.29 is 9.53 Å². The van der Waals surface area contributed by atoms with Gasteiger partial charge in [0.15, 0.2) is 0 Å². The van der Waals surface area contributed by atoms with E-state index in [9.17, 15) is 4.79 Å². The zero-order chi connectivity index (χ0) is 13.5. The van der Waals surface area contributed by atoms with E-state index in [2.05, 4.69) is 41.7 Å². The first-order valence-corrected chi connectivity index (χ1v) is 6.15. The van der Waals surface area contributed by atoms with Gasteiger partial charge in [-0.2, -0.15) is 0 Å². The molecule has 0 saturated carbocycles. The van der Waals surface area contributed by atoms with Crippen molar-refractivity contribution in [1.82, 2.24) is 0 Å². The summed E-state index contributed by atoms with van der Waals surface area (Å²) in [7, 11) is 1.40. The lowest BCUT2D eigenvalue weighted by Crippen LogP contribution is -2.23. The highest BCUT2D eigenvalue weighted by atomic mass is 16.5. The Bertz CT molecular complexity index is 438. The van der Waals surface area contributed by atoms with E-state index in [1.54, 1.807) is 6.92 Å². The van der Waals surface area contributed by atoms with Crippen molar-refractivity contribution in [3.63, 3.8) is 0 Å². The summed E-state index contributed by atoms with van der Waals surface area (Å²) in [5.74, 6) is -0.268. The van der Waals surface area contributed by atoms with Crippen LogP contribution in [-0.4, -0.2) is 26.2 Å². The molecule has 0 heterocycles. The molecule has 3 nitrogen and oxygen atoms in total. The summed E-state index contributed by atoms with van der Waals surface area (Å²) in [5.41, 5.74) is 3.05. The van der Waals surface area contributed by atoms with Gasteiger partial charge in [0.2, 0.25) is 0 Å². The number of ether oxygens (including phenoxy) is 1. The van der Waals surface area contributed by atoms with Crippen molar-refractivity contribution >= 4 is 11.7 Å². The molecule has 1 aromatic rings. The minimum atomic E-state index is -0.268. The van der Waals surface area contributed by atoms with Gasteiger partial charge in [-0.05, 0) is 38.5 Å². The number of carbonyl (C=O) groups excluding carboxylic acids is 1. The molecule has 0 aromatic heterocycles. The third kappa shape index (κ3) is 3.91. The zero-order valence-corrected chi connectivity index (χ0v) is 11.6. The molecule has 98 valence electrons. The number of esters is 1. The highest BCUT2D eigenvalue weighted by molar-refractivity contribution is 5.87. The fourth-order valence-corrected chi connectivity index (χ4v) is 1.73. The number of benzene rings is 1. The lowest BCUT2D eigenvalue weighted by Gasteiger charge is -2.22. The summed E-state index contributed by atoms with van der Waals surface area (Å²) in [6, 6.07) is 8.35. The molecule has 1 rings (SSSR count). The quantitative estimate of drug-likeness (QED) is 0.592. The Morgan fingerprint density at radius 3 is 2.72 bits per heavy atom. The molecule has 3 heteroatoms. The number of carbonyl (C=O) groups is 1. The number of aryl methyl sites for hydroxylation is 1. The summed E-state index contributed by atoms with van der Waals surface area (Å²) >= 11 is 0. The molecule has 0 fully saturated rings. The van der Waals surface area contributed by atoms with E-state index in [1.807, 2.05) is 12.1 Å². The molecule has 0 radical (unpaired) electrons. The Balaban J connectivity index is 2.77. The second kappa shape index (κ2) is 6.84.